The molecule has 1 fully saturated rings. The van der Waals surface area contributed by atoms with Gasteiger partial charge in [-0.15, -0.1) is 11.3 Å². The van der Waals surface area contributed by atoms with E-state index >= 15 is 0 Å². The van der Waals surface area contributed by atoms with Crippen molar-refractivity contribution in [1.29, 1.82) is 0 Å². The van der Waals surface area contributed by atoms with Crippen molar-refractivity contribution in [2.45, 2.75) is 45.6 Å². The van der Waals surface area contributed by atoms with Crippen molar-refractivity contribution in [3.8, 4) is 0 Å². The van der Waals surface area contributed by atoms with Crippen molar-refractivity contribution in [2.24, 2.45) is 0 Å². The lowest BCUT2D eigenvalue weighted by atomic mass is 9.79. The van der Waals surface area contributed by atoms with Crippen LogP contribution in [0, 0.1) is 13.8 Å². The summed E-state index contributed by atoms with van der Waals surface area (Å²) in [6.45, 7) is 7.25. The number of rotatable bonds is 4. The normalized spacial score (nSPS) is 17.2. The maximum Gasteiger partial charge on any atom is 0.164 e. The average Bonchev–Trinajstić information content (AvgIpc) is 2.65. The van der Waals surface area contributed by atoms with Gasteiger partial charge in [-0.2, -0.15) is 0 Å². The SMILES string of the molecule is CCNc1nc(C2(OC)CCC2)nc2sc(C)c(C)c12. The summed E-state index contributed by atoms with van der Waals surface area (Å²) in [6.07, 6.45) is 3.22. The zero-order chi connectivity index (χ0) is 14.3. The third-order valence-corrected chi connectivity index (χ3v) is 5.43. The van der Waals surface area contributed by atoms with Gasteiger partial charge in [0.1, 0.15) is 16.2 Å². The highest BCUT2D eigenvalue weighted by atomic mass is 32.1. The van der Waals surface area contributed by atoms with Gasteiger partial charge in [0, 0.05) is 18.5 Å². The number of methoxy groups -OCH3 is 1. The van der Waals surface area contributed by atoms with Crippen LogP contribution in [0.15, 0.2) is 0 Å². The molecule has 0 saturated heterocycles. The summed E-state index contributed by atoms with van der Waals surface area (Å²) < 4.78 is 5.73. The van der Waals surface area contributed by atoms with Crippen molar-refractivity contribution < 1.29 is 4.74 Å². The lowest BCUT2D eigenvalue weighted by Crippen LogP contribution is -2.38. The number of hydrogen-bond donors (Lipinski definition) is 1. The Morgan fingerprint density at radius 2 is 2.05 bits per heavy atom. The number of nitrogens with one attached hydrogen (secondary N) is 1. The minimum Gasteiger partial charge on any atom is -0.370 e. The quantitative estimate of drug-likeness (QED) is 0.931. The Morgan fingerprint density at radius 3 is 2.60 bits per heavy atom. The number of aromatic nitrogens is 2. The van der Waals surface area contributed by atoms with Crippen LogP contribution in [0.5, 0.6) is 0 Å². The van der Waals surface area contributed by atoms with E-state index in [0.717, 1.165) is 35.9 Å². The molecule has 1 aliphatic carbocycles. The molecule has 0 aliphatic heterocycles. The molecule has 1 N–H and O–H groups in total. The lowest BCUT2D eigenvalue weighted by Gasteiger charge is -2.38. The van der Waals surface area contributed by atoms with Gasteiger partial charge in [-0.3, -0.25) is 0 Å². The van der Waals surface area contributed by atoms with Gasteiger partial charge in [0.05, 0.1) is 5.39 Å². The van der Waals surface area contributed by atoms with Crippen LogP contribution >= 0.6 is 11.3 Å². The molecular weight excluding hydrogens is 270 g/mol. The summed E-state index contributed by atoms with van der Waals surface area (Å²) in [5.41, 5.74) is 1.03. The van der Waals surface area contributed by atoms with Gasteiger partial charge in [0.2, 0.25) is 0 Å². The van der Waals surface area contributed by atoms with E-state index in [1.54, 1.807) is 18.4 Å². The second-order valence-corrected chi connectivity index (χ2v) is 6.64. The van der Waals surface area contributed by atoms with Gasteiger partial charge in [-0.1, -0.05) is 0 Å². The van der Waals surface area contributed by atoms with E-state index in [0.29, 0.717) is 0 Å². The van der Waals surface area contributed by atoms with Crippen LogP contribution in [0.4, 0.5) is 5.82 Å². The fraction of sp³-hybridized carbons (Fsp3) is 0.600. The van der Waals surface area contributed by atoms with Gasteiger partial charge in [-0.05, 0) is 45.6 Å². The van der Waals surface area contributed by atoms with Crippen molar-refractivity contribution in [3.05, 3.63) is 16.3 Å². The average molecular weight is 291 g/mol. The first-order valence-corrected chi connectivity index (χ1v) is 8.00. The van der Waals surface area contributed by atoms with Crippen LogP contribution in [0.1, 0.15) is 42.5 Å². The predicted molar refractivity (Wildman–Crippen MR) is 83.6 cm³/mol. The molecule has 5 heteroatoms. The molecule has 2 heterocycles. The number of aryl methyl sites for hydroxylation is 2. The first kappa shape index (κ1) is 13.8. The molecule has 2 aromatic heterocycles. The maximum absolute atomic E-state index is 5.73. The van der Waals surface area contributed by atoms with Gasteiger partial charge in [0.15, 0.2) is 5.82 Å². The highest BCUT2D eigenvalue weighted by Crippen LogP contribution is 2.44. The van der Waals surface area contributed by atoms with E-state index in [1.165, 1.54) is 22.2 Å². The molecule has 4 nitrogen and oxygen atoms in total. The monoisotopic (exact) mass is 291 g/mol. The Hall–Kier alpha value is -1.20. The molecule has 20 heavy (non-hydrogen) atoms. The van der Waals surface area contributed by atoms with Gasteiger partial charge >= 0.3 is 0 Å². The van der Waals surface area contributed by atoms with Crippen LogP contribution in [-0.2, 0) is 10.3 Å². The largest absolute Gasteiger partial charge is 0.370 e. The van der Waals surface area contributed by atoms with Crippen molar-refractivity contribution in [1.82, 2.24) is 9.97 Å². The van der Waals surface area contributed by atoms with E-state index < -0.39 is 0 Å². The summed E-state index contributed by atoms with van der Waals surface area (Å²) in [7, 11) is 1.77. The van der Waals surface area contributed by atoms with E-state index in [9.17, 15) is 0 Å². The fourth-order valence-corrected chi connectivity index (χ4v) is 3.79. The molecule has 0 spiro atoms. The minimum atomic E-state index is -0.260. The van der Waals surface area contributed by atoms with Crippen molar-refractivity contribution >= 4 is 27.4 Å². The molecule has 3 rings (SSSR count). The Morgan fingerprint density at radius 1 is 1.30 bits per heavy atom. The summed E-state index contributed by atoms with van der Waals surface area (Å²) >= 11 is 1.75. The summed E-state index contributed by atoms with van der Waals surface area (Å²) in [5.74, 6) is 1.80. The third-order valence-electron chi connectivity index (χ3n) is 4.33. The first-order chi connectivity index (χ1) is 9.61. The molecule has 0 radical (unpaired) electrons. The number of thiophene rings is 1. The van der Waals surface area contributed by atoms with Crippen molar-refractivity contribution in [3.63, 3.8) is 0 Å². The molecule has 1 aliphatic rings. The Kier molecular flexibility index (Phi) is 3.42. The second-order valence-electron chi connectivity index (χ2n) is 5.44. The summed E-state index contributed by atoms with van der Waals surface area (Å²) in [5, 5.41) is 4.56. The number of anilines is 1. The van der Waals surface area contributed by atoms with Crippen LogP contribution in [0.25, 0.3) is 10.2 Å². The number of nitrogens with zero attached hydrogens (tertiary/aromatic N) is 2. The molecular formula is C15H21N3OS. The summed E-state index contributed by atoms with van der Waals surface area (Å²) in [4.78, 5) is 12.0. The van der Waals surface area contributed by atoms with E-state index in [1.807, 2.05) is 0 Å². The van der Waals surface area contributed by atoms with Crippen LogP contribution in [0.3, 0.4) is 0 Å². The fourth-order valence-electron chi connectivity index (χ4n) is 2.77. The number of ether oxygens (including phenoxy) is 1. The maximum atomic E-state index is 5.73. The molecule has 0 unspecified atom stereocenters. The van der Waals surface area contributed by atoms with E-state index in [4.69, 9.17) is 14.7 Å². The molecule has 0 aromatic carbocycles. The number of fused-ring (bicyclic) bond motifs is 1. The molecule has 0 amide bonds. The highest BCUT2D eigenvalue weighted by Gasteiger charge is 2.42. The zero-order valence-electron chi connectivity index (χ0n) is 12.5. The number of hydrogen-bond acceptors (Lipinski definition) is 5. The Bertz CT molecular complexity index is 641. The smallest absolute Gasteiger partial charge is 0.164 e. The zero-order valence-corrected chi connectivity index (χ0v) is 13.4. The summed E-state index contributed by atoms with van der Waals surface area (Å²) in [6, 6.07) is 0. The van der Waals surface area contributed by atoms with Crippen LogP contribution in [0.2, 0.25) is 0 Å². The molecule has 1 saturated carbocycles. The highest BCUT2D eigenvalue weighted by molar-refractivity contribution is 7.18. The van der Waals surface area contributed by atoms with E-state index in [-0.39, 0.29) is 5.60 Å². The van der Waals surface area contributed by atoms with Gasteiger partial charge in [0.25, 0.3) is 0 Å². The molecule has 0 atom stereocenters. The predicted octanol–water partition coefficient (Wildman–Crippen LogP) is 3.77. The van der Waals surface area contributed by atoms with Crippen LogP contribution in [-0.4, -0.2) is 23.6 Å². The Balaban J connectivity index is 2.20. The van der Waals surface area contributed by atoms with Gasteiger partial charge in [-0.25, -0.2) is 9.97 Å². The van der Waals surface area contributed by atoms with Crippen LogP contribution < -0.4 is 5.32 Å². The van der Waals surface area contributed by atoms with E-state index in [2.05, 4.69) is 26.1 Å². The first-order valence-electron chi connectivity index (χ1n) is 7.18. The topological polar surface area (TPSA) is 47.0 Å². The standard InChI is InChI=1S/C15H21N3OS/c1-5-16-12-11-9(2)10(3)20-13(11)18-14(17-12)15(19-4)7-6-8-15/h5-8H2,1-4H3,(H,16,17,18). The van der Waals surface area contributed by atoms with Gasteiger partial charge < -0.3 is 10.1 Å². The minimum absolute atomic E-state index is 0.260. The van der Waals surface area contributed by atoms with Crippen molar-refractivity contribution in [2.75, 3.05) is 19.0 Å². The second kappa shape index (κ2) is 4.97. The molecule has 2 aromatic rings. The Labute approximate surface area is 123 Å². The lowest BCUT2D eigenvalue weighted by molar-refractivity contribution is -0.0843. The third kappa shape index (κ3) is 1.91. The molecule has 108 valence electrons. The molecule has 0 bridgehead atoms.